The van der Waals surface area contributed by atoms with E-state index in [2.05, 4.69) is 0 Å². The van der Waals surface area contributed by atoms with E-state index in [0.29, 0.717) is 0 Å². The average molecular weight is 546 g/mol. The number of aliphatic carboxylic acids is 2. The van der Waals surface area contributed by atoms with E-state index in [1.807, 2.05) is 0 Å². The van der Waals surface area contributed by atoms with Gasteiger partial charge in [0.1, 0.15) is 61.0 Å². The lowest BCUT2D eigenvalue weighted by Crippen LogP contribution is -2.67. The highest BCUT2D eigenvalue weighted by Gasteiger charge is 2.55. The van der Waals surface area contributed by atoms with Crippen molar-refractivity contribution in [3.63, 3.8) is 0 Å². The lowest BCUT2D eigenvalue weighted by Gasteiger charge is -2.47. The van der Waals surface area contributed by atoms with E-state index < -0.39 is 104 Å². The number of hydrogen-bond donors (Lipinski definition) is 10. The average Bonchev–Trinajstić information content (AvgIpc) is 2.84. The van der Waals surface area contributed by atoms with Crippen LogP contribution in [0.25, 0.3) is 0 Å². The Kier molecular flexibility index (Phi) is 9.75. The third-order valence-electron chi connectivity index (χ3n) is 6.18. The molecule has 3 aliphatic rings. The van der Waals surface area contributed by atoms with E-state index in [1.165, 1.54) is 7.11 Å². The summed E-state index contributed by atoms with van der Waals surface area (Å²) in [6, 6.07) is 0. The van der Waals surface area contributed by atoms with E-state index in [9.17, 15) is 60.7 Å². The summed E-state index contributed by atoms with van der Waals surface area (Å²) in [5, 5.41) is 99.9. The molecule has 0 amide bonds. The topological polar surface area (TPSA) is 292 Å². The van der Waals surface area contributed by atoms with Crippen LogP contribution in [0.1, 0.15) is 0 Å². The van der Waals surface area contributed by atoms with E-state index >= 15 is 0 Å². The van der Waals surface area contributed by atoms with Crippen LogP contribution in [0, 0.1) is 0 Å². The van der Waals surface area contributed by atoms with Crippen molar-refractivity contribution in [3.05, 3.63) is 0 Å². The largest absolute Gasteiger partial charge is 0.479 e. The molecule has 214 valence electrons. The first-order chi connectivity index (χ1) is 17.3. The van der Waals surface area contributed by atoms with Gasteiger partial charge < -0.3 is 79.5 Å². The Bertz CT molecular complexity index is 797. The molecule has 18 nitrogen and oxygen atoms in total. The number of ether oxygens (including phenoxy) is 6. The standard InChI is InChI=1S/C19H30O18/c1-32-2-3-4(20)6(22)13(37-18-10(26)5(21)7(23)12(36-18)15(27)28)19(33-3)35-11-8(24)9(25)17(31)34-14(11)16(29)30/h3-14,17-26,31H,2H2,1H3,(H,27,28)(H,29,30)/t3-,4-,5-,6+,7+,8+,9+,10+,11+,12-,13+,14-,17?,18?,19?/m0/s1. The smallest absolute Gasteiger partial charge is 0.335 e. The molecule has 3 rings (SSSR count). The Balaban J connectivity index is 1.90. The van der Waals surface area contributed by atoms with Crippen molar-refractivity contribution in [1.29, 1.82) is 0 Å². The second kappa shape index (κ2) is 12.1. The fraction of sp³-hybridized carbons (Fsp3) is 0.895. The summed E-state index contributed by atoms with van der Waals surface area (Å²) in [6.45, 7) is -0.341. The van der Waals surface area contributed by atoms with E-state index in [4.69, 9.17) is 28.4 Å². The number of carboxylic acids is 2. The Morgan fingerprint density at radius 1 is 0.622 bits per heavy atom. The minimum absolute atomic E-state index is 0.341. The SMILES string of the molecule is COC[C@@H]1OC(O[C@@H]2[C@H](O)[C@@H](O)C(O)O[C@@H]2C(=O)O)[C@H](OC2O[C@H](C(=O)O)[C@H](O)[C@H](O)[C@H]2O)[C@H](O)[C@H]1O. The van der Waals surface area contributed by atoms with Crippen LogP contribution in [0.2, 0.25) is 0 Å². The lowest BCUT2D eigenvalue weighted by atomic mass is 9.96. The molecule has 0 aromatic heterocycles. The van der Waals surface area contributed by atoms with Crippen LogP contribution in [0.4, 0.5) is 0 Å². The summed E-state index contributed by atoms with van der Waals surface area (Å²) in [7, 11) is 1.23. The van der Waals surface area contributed by atoms with Crippen molar-refractivity contribution < 1.29 is 89.1 Å². The molecule has 3 fully saturated rings. The molecule has 18 heteroatoms. The predicted octanol–water partition coefficient (Wildman–Crippen LogP) is -6.73. The minimum Gasteiger partial charge on any atom is -0.479 e. The molecule has 3 unspecified atom stereocenters. The van der Waals surface area contributed by atoms with E-state index in [1.54, 1.807) is 0 Å². The summed E-state index contributed by atoms with van der Waals surface area (Å²) < 4.78 is 31.1. The number of aliphatic hydroxyl groups excluding tert-OH is 8. The molecular weight excluding hydrogens is 516 g/mol. The Hall–Kier alpha value is -1.62. The Labute approximate surface area is 207 Å². The van der Waals surface area contributed by atoms with Crippen molar-refractivity contribution in [3.8, 4) is 0 Å². The summed E-state index contributed by atoms with van der Waals surface area (Å²) in [5.41, 5.74) is 0. The molecule has 0 bridgehead atoms. The molecule has 0 saturated carbocycles. The maximum absolute atomic E-state index is 11.6. The fourth-order valence-electron chi connectivity index (χ4n) is 4.14. The minimum atomic E-state index is -2.10. The Morgan fingerprint density at radius 2 is 1.19 bits per heavy atom. The first-order valence-corrected chi connectivity index (χ1v) is 11.0. The lowest BCUT2D eigenvalue weighted by molar-refractivity contribution is -0.383. The first-order valence-electron chi connectivity index (χ1n) is 11.0. The van der Waals surface area contributed by atoms with Gasteiger partial charge in [0.05, 0.1) is 6.61 Å². The molecule has 37 heavy (non-hydrogen) atoms. The quantitative estimate of drug-likeness (QED) is 0.135. The number of rotatable bonds is 8. The summed E-state index contributed by atoms with van der Waals surface area (Å²) >= 11 is 0. The molecule has 0 aromatic rings. The zero-order chi connectivity index (χ0) is 27.8. The van der Waals surface area contributed by atoms with Gasteiger partial charge in [0, 0.05) is 7.11 Å². The summed E-state index contributed by atoms with van der Waals surface area (Å²) in [6.07, 6.45) is -29.6. The summed E-state index contributed by atoms with van der Waals surface area (Å²) in [5.74, 6) is -3.47. The van der Waals surface area contributed by atoms with Crippen LogP contribution >= 0.6 is 0 Å². The Morgan fingerprint density at radius 3 is 1.76 bits per heavy atom. The predicted molar refractivity (Wildman–Crippen MR) is 107 cm³/mol. The monoisotopic (exact) mass is 546 g/mol. The first kappa shape index (κ1) is 29.9. The summed E-state index contributed by atoms with van der Waals surface area (Å²) in [4.78, 5) is 23.0. The van der Waals surface area contributed by atoms with Gasteiger partial charge in [0.2, 0.25) is 0 Å². The van der Waals surface area contributed by atoms with Gasteiger partial charge in [0.15, 0.2) is 31.1 Å². The van der Waals surface area contributed by atoms with Crippen LogP contribution in [-0.4, -0.2) is 169 Å². The van der Waals surface area contributed by atoms with Gasteiger partial charge in [-0.15, -0.1) is 0 Å². The normalized spacial score (nSPS) is 48.9. The van der Waals surface area contributed by atoms with Crippen LogP contribution in [0.5, 0.6) is 0 Å². The second-order valence-electron chi connectivity index (χ2n) is 8.68. The number of carbonyl (C=O) groups is 2. The van der Waals surface area contributed by atoms with Gasteiger partial charge in [0.25, 0.3) is 0 Å². The van der Waals surface area contributed by atoms with E-state index in [-0.39, 0.29) is 6.61 Å². The van der Waals surface area contributed by atoms with Crippen LogP contribution in [-0.2, 0) is 38.0 Å². The number of carboxylic acid groups (broad SMARTS) is 2. The highest BCUT2D eigenvalue weighted by Crippen LogP contribution is 2.33. The molecular formula is C19H30O18. The van der Waals surface area contributed by atoms with Crippen molar-refractivity contribution >= 4 is 11.9 Å². The van der Waals surface area contributed by atoms with Crippen molar-refractivity contribution in [1.82, 2.24) is 0 Å². The number of hydrogen-bond acceptors (Lipinski definition) is 16. The van der Waals surface area contributed by atoms with Gasteiger partial charge in [-0.2, -0.15) is 0 Å². The zero-order valence-corrected chi connectivity index (χ0v) is 19.1. The van der Waals surface area contributed by atoms with Gasteiger partial charge >= 0.3 is 11.9 Å². The van der Waals surface area contributed by atoms with Gasteiger partial charge in [-0.3, -0.25) is 0 Å². The molecule has 15 atom stereocenters. The number of methoxy groups -OCH3 is 1. The highest BCUT2D eigenvalue weighted by atomic mass is 16.8. The van der Waals surface area contributed by atoms with Crippen molar-refractivity contribution in [2.24, 2.45) is 0 Å². The van der Waals surface area contributed by atoms with Crippen LogP contribution in [0.15, 0.2) is 0 Å². The van der Waals surface area contributed by atoms with E-state index in [0.717, 1.165) is 0 Å². The molecule has 3 heterocycles. The molecule has 3 saturated heterocycles. The van der Waals surface area contributed by atoms with Crippen molar-refractivity contribution in [2.75, 3.05) is 13.7 Å². The van der Waals surface area contributed by atoms with Crippen molar-refractivity contribution in [2.45, 2.75) is 92.1 Å². The third kappa shape index (κ3) is 6.02. The zero-order valence-electron chi connectivity index (χ0n) is 19.1. The molecule has 0 radical (unpaired) electrons. The van der Waals surface area contributed by atoms with Crippen LogP contribution in [0.3, 0.4) is 0 Å². The molecule has 3 aliphatic heterocycles. The van der Waals surface area contributed by atoms with Gasteiger partial charge in [-0.1, -0.05) is 0 Å². The molecule has 0 aliphatic carbocycles. The maximum Gasteiger partial charge on any atom is 0.335 e. The molecule has 10 N–H and O–H groups in total. The van der Waals surface area contributed by atoms with Crippen LogP contribution < -0.4 is 0 Å². The number of aliphatic hydroxyl groups is 8. The fourth-order valence-corrected chi connectivity index (χ4v) is 4.14. The maximum atomic E-state index is 11.6. The molecule has 0 aromatic carbocycles. The highest BCUT2D eigenvalue weighted by molar-refractivity contribution is 5.73. The third-order valence-corrected chi connectivity index (χ3v) is 6.18. The van der Waals surface area contributed by atoms with Gasteiger partial charge in [-0.05, 0) is 0 Å². The molecule has 0 spiro atoms. The van der Waals surface area contributed by atoms with Gasteiger partial charge in [-0.25, -0.2) is 9.59 Å². The second-order valence-corrected chi connectivity index (χ2v) is 8.68.